The summed E-state index contributed by atoms with van der Waals surface area (Å²) in [6.07, 6.45) is 3.37. The van der Waals surface area contributed by atoms with Crippen molar-refractivity contribution in [2.24, 2.45) is 5.73 Å². The molecule has 0 saturated carbocycles. The van der Waals surface area contributed by atoms with Crippen LogP contribution in [-0.4, -0.2) is 4.98 Å². The van der Waals surface area contributed by atoms with Crippen LogP contribution < -0.4 is 5.73 Å². The van der Waals surface area contributed by atoms with Crippen molar-refractivity contribution in [3.05, 3.63) is 41.2 Å². The van der Waals surface area contributed by atoms with Gasteiger partial charge in [-0.3, -0.25) is 4.98 Å². The number of hydrogen-bond donors (Lipinski definition) is 1. The van der Waals surface area contributed by atoms with Gasteiger partial charge in [0.15, 0.2) is 0 Å². The molecule has 0 saturated heterocycles. The van der Waals surface area contributed by atoms with Crippen LogP contribution in [0.1, 0.15) is 11.7 Å². The maximum absolute atomic E-state index is 5.66. The summed E-state index contributed by atoms with van der Waals surface area (Å²) in [7, 11) is 0. The Morgan fingerprint density at radius 1 is 1.73 bits per heavy atom. The molecule has 1 aromatic heterocycles. The molecule has 0 fully saturated rings. The molecule has 1 rings (SSSR count). The van der Waals surface area contributed by atoms with E-state index in [2.05, 4.69) is 27.5 Å². The third-order valence-corrected chi connectivity index (χ3v) is 1.83. The second kappa shape index (κ2) is 3.64. The van der Waals surface area contributed by atoms with Crippen LogP contribution in [0.2, 0.25) is 0 Å². The summed E-state index contributed by atoms with van der Waals surface area (Å²) in [6.45, 7) is 3.59. The smallest absolute Gasteiger partial charge is 0.0653 e. The Kier molecular flexibility index (Phi) is 2.79. The molecule has 3 heteroatoms. The lowest BCUT2D eigenvalue weighted by atomic mass is 10.2. The third-order valence-electron chi connectivity index (χ3n) is 1.34. The minimum Gasteiger partial charge on any atom is -0.319 e. The zero-order chi connectivity index (χ0) is 8.27. The lowest BCUT2D eigenvalue weighted by Crippen LogP contribution is -2.07. The fourth-order valence-corrected chi connectivity index (χ4v) is 1.08. The molecule has 2 N–H and O–H groups in total. The molecule has 0 aliphatic heterocycles. The predicted molar refractivity (Wildman–Crippen MR) is 49.1 cm³/mol. The molecule has 11 heavy (non-hydrogen) atoms. The van der Waals surface area contributed by atoms with Gasteiger partial charge >= 0.3 is 0 Å². The Morgan fingerprint density at radius 3 is 3.00 bits per heavy atom. The zero-order valence-corrected chi connectivity index (χ0v) is 7.58. The monoisotopic (exact) mass is 212 g/mol. The molecule has 1 unspecified atom stereocenters. The van der Waals surface area contributed by atoms with Gasteiger partial charge in [-0.25, -0.2) is 0 Å². The summed E-state index contributed by atoms with van der Waals surface area (Å²) in [6, 6.07) is 3.57. The van der Waals surface area contributed by atoms with Gasteiger partial charge in [0, 0.05) is 10.7 Å². The van der Waals surface area contributed by atoms with Crippen molar-refractivity contribution in [1.29, 1.82) is 0 Å². The van der Waals surface area contributed by atoms with Gasteiger partial charge in [0.25, 0.3) is 0 Å². The first kappa shape index (κ1) is 8.43. The summed E-state index contributed by atoms with van der Waals surface area (Å²) >= 11 is 3.33. The van der Waals surface area contributed by atoms with Crippen molar-refractivity contribution in [2.75, 3.05) is 0 Å². The van der Waals surface area contributed by atoms with Crippen LogP contribution in [0.3, 0.4) is 0 Å². The number of hydrogen-bond acceptors (Lipinski definition) is 2. The normalized spacial score (nSPS) is 12.5. The van der Waals surface area contributed by atoms with Crippen molar-refractivity contribution < 1.29 is 0 Å². The molecule has 1 atom stereocenters. The van der Waals surface area contributed by atoms with E-state index in [0.717, 1.165) is 10.2 Å². The van der Waals surface area contributed by atoms with E-state index in [1.165, 1.54) is 0 Å². The molecule has 1 heterocycles. The van der Waals surface area contributed by atoms with Crippen LogP contribution in [0.25, 0.3) is 0 Å². The second-order valence-corrected chi connectivity index (χ2v) is 3.08. The number of rotatable bonds is 2. The van der Waals surface area contributed by atoms with Crippen LogP contribution in [0, 0.1) is 0 Å². The highest BCUT2D eigenvalue weighted by atomic mass is 79.9. The summed E-state index contributed by atoms with van der Waals surface area (Å²) < 4.78 is 0.986. The Balaban J connectivity index is 2.95. The minimum atomic E-state index is -0.174. The number of halogens is 1. The highest BCUT2D eigenvalue weighted by molar-refractivity contribution is 9.10. The van der Waals surface area contributed by atoms with Gasteiger partial charge < -0.3 is 5.73 Å². The van der Waals surface area contributed by atoms with Gasteiger partial charge in [-0.15, -0.1) is 6.58 Å². The maximum Gasteiger partial charge on any atom is 0.0653 e. The van der Waals surface area contributed by atoms with E-state index in [9.17, 15) is 0 Å². The number of pyridine rings is 1. The minimum absolute atomic E-state index is 0.174. The second-order valence-electron chi connectivity index (χ2n) is 2.16. The summed E-state index contributed by atoms with van der Waals surface area (Å²) in [4.78, 5) is 4.08. The molecule has 0 aromatic carbocycles. The number of nitrogens with two attached hydrogens (primary N) is 1. The standard InChI is InChI=1S/C8H9BrN2/c1-2-7(10)8-5-6(9)3-4-11-8/h2-5,7H,1,10H2. The first-order valence-electron chi connectivity index (χ1n) is 3.23. The molecule has 0 aliphatic carbocycles. The van der Waals surface area contributed by atoms with Crippen LogP contribution >= 0.6 is 15.9 Å². The Bertz CT molecular complexity index is 260. The highest BCUT2D eigenvalue weighted by Crippen LogP contribution is 2.13. The van der Waals surface area contributed by atoms with E-state index in [4.69, 9.17) is 5.73 Å². The molecule has 0 aliphatic rings. The first-order chi connectivity index (χ1) is 5.24. The fraction of sp³-hybridized carbons (Fsp3) is 0.125. The van der Waals surface area contributed by atoms with E-state index in [1.807, 2.05) is 12.1 Å². The van der Waals surface area contributed by atoms with E-state index in [1.54, 1.807) is 12.3 Å². The maximum atomic E-state index is 5.66. The zero-order valence-electron chi connectivity index (χ0n) is 6.00. The molecule has 58 valence electrons. The van der Waals surface area contributed by atoms with Gasteiger partial charge in [0.2, 0.25) is 0 Å². The molecule has 0 bridgehead atoms. The van der Waals surface area contributed by atoms with Crippen LogP contribution in [0.4, 0.5) is 0 Å². The van der Waals surface area contributed by atoms with E-state index in [0.29, 0.717) is 0 Å². The quantitative estimate of drug-likeness (QED) is 0.763. The van der Waals surface area contributed by atoms with Gasteiger partial charge in [-0.05, 0) is 12.1 Å². The summed E-state index contributed by atoms with van der Waals surface area (Å²) in [5, 5.41) is 0. The van der Waals surface area contributed by atoms with Crippen molar-refractivity contribution >= 4 is 15.9 Å². The first-order valence-corrected chi connectivity index (χ1v) is 4.03. The van der Waals surface area contributed by atoms with Crippen molar-refractivity contribution in [3.63, 3.8) is 0 Å². The average Bonchev–Trinajstić information content (AvgIpc) is 2.03. The molecule has 0 radical (unpaired) electrons. The van der Waals surface area contributed by atoms with Gasteiger partial charge in [-0.2, -0.15) is 0 Å². The number of aromatic nitrogens is 1. The fourth-order valence-electron chi connectivity index (χ4n) is 0.724. The predicted octanol–water partition coefficient (Wildman–Crippen LogP) is 2.03. The molecule has 2 nitrogen and oxygen atoms in total. The summed E-state index contributed by atoms with van der Waals surface area (Å²) in [5.41, 5.74) is 6.49. The highest BCUT2D eigenvalue weighted by Gasteiger charge is 2.01. The molecule has 1 aromatic rings. The SMILES string of the molecule is C=CC(N)c1cc(Br)ccn1. The molecule has 0 spiro atoms. The lowest BCUT2D eigenvalue weighted by Gasteiger charge is -2.04. The Labute approximate surface area is 74.3 Å². The van der Waals surface area contributed by atoms with Crippen molar-refractivity contribution in [3.8, 4) is 0 Å². The lowest BCUT2D eigenvalue weighted by molar-refractivity contribution is 0.862. The molecule has 0 amide bonds. The van der Waals surface area contributed by atoms with E-state index in [-0.39, 0.29) is 6.04 Å². The Hall–Kier alpha value is -0.670. The van der Waals surface area contributed by atoms with Crippen LogP contribution in [-0.2, 0) is 0 Å². The van der Waals surface area contributed by atoms with Gasteiger partial charge in [0.1, 0.15) is 0 Å². The number of nitrogens with zero attached hydrogens (tertiary/aromatic N) is 1. The van der Waals surface area contributed by atoms with Crippen molar-refractivity contribution in [2.45, 2.75) is 6.04 Å². The van der Waals surface area contributed by atoms with E-state index >= 15 is 0 Å². The van der Waals surface area contributed by atoms with Gasteiger partial charge in [-0.1, -0.05) is 22.0 Å². The molecular weight excluding hydrogens is 204 g/mol. The van der Waals surface area contributed by atoms with Crippen LogP contribution in [0.5, 0.6) is 0 Å². The van der Waals surface area contributed by atoms with Crippen LogP contribution in [0.15, 0.2) is 35.5 Å². The van der Waals surface area contributed by atoms with E-state index < -0.39 is 0 Å². The summed E-state index contributed by atoms with van der Waals surface area (Å²) in [5.74, 6) is 0. The topological polar surface area (TPSA) is 38.9 Å². The molecular formula is C8H9BrN2. The average molecular weight is 213 g/mol. The largest absolute Gasteiger partial charge is 0.319 e. The van der Waals surface area contributed by atoms with Crippen molar-refractivity contribution in [1.82, 2.24) is 4.98 Å². The Morgan fingerprint density at radius 2 is 2.45 bits per heavy atom. The van der Waals surface area contributed by atoms with Gasteiger partial charge in [0.05, 0.1) is 11.7 Å². The third kappa shape index (κ3) is 2.13.